The molecule has 0 aliphatic rings. The van der Waals surface area contributed by atoms with Crippen LogP contribution < -0.4 is 10.5 Å². The highest BCUT2D eigenvalue weighted by atomic mass is 32.2. The minimum atomic E-state index is -3.81. The molecule has 0 aliphatic heterocycles. The van der Waals surface area contributed by atoms with E-state index in [9.17, 15) is 13.2 Å². The number of sulfonamides is 1. The second-order valence-corrected chi connectivity index (χ2v) is 6.28. The largest absolute Gasteiger partial charge is 0.352 e. The number of hydrogen-bond donors (Lipinski definition) is 2. The minimum Gasteiger partial charge on any atom is -0.352 e. The molecule has 0 fully saturated rings. The van der Waals surface area contributed by atoms with Gasteiger partial charge in [0.25, 0.3) is 5.91 Å². The molecule has 1 atom stereocenters. The number of carbonyl (C=O) groups is 1. The highest BCUT2D eigenvalue weighted by Gasteiger charge is 2.15. The number of nitrogens with two attached hydrogens (primary N) is 1. The molecule has 19 heavy (non-hydrogen) atoms. The Hall–Kier alpha value is -1.40. The number of hydrogen-bond acceptors (Lipinski definition) is 3. The fourth-order valence-corrected chi connectivity index (χ4v) is 2.37. The van der Waals surface area contributed by atoms with Crippen LogP contribution in [-0.4, -0.2) is 20.9 Å². The van der Waals surface area contributed by atoms with E-state index in [-0.39, 0.29) is 10.8 Å². The SMILES string of the molecule is CCC(C)CNC(=O)c1ccc(C)c(S(N)(=O)=O)c1. The van der Waals surface area contributed by atoms with Crippen molar-refractivity contribution in [1.82, 2.24) is 5.32 Å². The quantitative estimate of drug-likeness (QED) is 0.857. The zero-order valence-electron chi connectivity index (χ0n) is 11.4. The van der Waals surface area contributed by atoms with Crippen LogP contribution in [0.1, 0.15) is 36.2 Å². The van der Waals surface area contributed by atoms with Gasteiger partial charge < -0.3 is 5.32 Å². The van der Waals surface area contributed by atoms with Crippen molar-refractivity contribution in [3.05, 3.63) is 29.3 Å². The van der Waals surface area contributed by atoms with Crippen molar-refractivity contribution < 1.29 is 13.2 Å². The topological polar surface area (TPSA) is 89.3 Å². The van der Waals surface area contributed by atoms with Crippen molar-refractivity contribution in [2.24, 2.45) is 11.1 Å². The molecular weight excluding hydrogens is 264 g/mol. The Balaban J connectivity index is 2.94. The fraction of sp³-hybridized carbons (Fsp3) is 0.462. The molecule has 106 valence electrons. The predicted molar refractivity (Wildman–Crippen MR) is 74.3 cm³/mol. The molecule has 0 saturated carbocycles. The lowest BCUT2D eigenvalue weighted by molar-refractivity contribution is 0.0947. The Labute approximate surface area is 114 Å². The van der Waals surface area contributed by atoms with Gasteiger partial charge in [-0.25, -0.2) is 13.6 Å². The van der Waals surface area contributed by atoms with Crippen LogP contribution in [0.15, 0.2) is 23.1 Å². The summed E-state index contributed by atoms with van der Waals surface area (Å²) in [4.78, 5) is 11.9. The molecule has 0 radical (unpaired) electrons. The summed E-state index contributed by atoms with van der Waals surface area (Å²) in [7, 11) is -3.81. The summed E-state index contributed by atoms with van der Waals surface area (Å²) in [6.07, 6.45) is 0.969. The van der Waals surface area contributed by atoms with E-state index in [0.29, 0.717) is 23.6 Å². The van der Waals surface area contributed by atoms with E-state index in [1.54, 1.807) is 19.1 Å². The van der Waals surface area contributed by atoms with Crippen molar-refractivity contribution in [2.75, 3.05) is 6.54 Å². The molecule has 0 bridgehead atoms. The third kappa shape index (κ3) is 4.33. The molecule has 1 unspecified atom stereocenters. The maximum absolute atomic E-state index is 11.9. The van der Waals surface area contributed by atoms with Crippen LogP contribution in [0.5, 0.6) is 0 Å². The molecule has 0 spiro atoms. The molecule has 6 heteroatoms. The third-order valence-corrected chi connectivity index (χ3v) is 4.12. The van der Waals surface area contributed by atoms with E-state index in [1.807, 2.05) is 13.8 Å². The number of amides is 1. The van der Waals surface area contributed by atoms with E-state index < -0.39 is 10.0 Å². The summed E-state index contributed by atoms with van der Waals surface area (Å²) < 4.78 is 22.8. The van der Waals surface area contributed by atoms with E-state index in [4.69, 9.17) is 5.14 Å². The lowest BCUT2D eigenvalue weighted by atomic mass is 10.1. The number of nitrogens with one attached hydrogen (secondary N) is 1. The molecule has 0 heterocycles. The van der Waals surface area contributed by atoms with Crippen LogP contribution in [0.3, 0.4) is 0 Å². The van der Waals surface area contributed by atoms with Gasteiger partial charge in [-0.15, -0.1) is 0 Å². The molecule has 0 aromatic heterocycles. The summed E-state index contributed by atoms with van der Waals surface area (Å²) in [6, 6.07) is 4.49. The molecule has 0 saturated heterocycles. The van der Waals surface area contributed by atoms with E-state index in [0.717, 1.165) is 6.42 Å². The van der Waals surface area contributed by atoms with Gasteiger partial charge in [0.2, 0.25) is 10.0 Å². The van der Waals surface area contributed by atoms with Crippen molar-refractivity contribution in [3.8, 4) is 0 Å². The van der Waals surface area contributed by atoms with Crippen LogP contribution in [0.2, 0.25) is 0 Å². The molecule has 0 aliphatic carbocycles. The molecule has 3 N–H and O–H groups in total. The van der Waals surface area contributed by atoms with Gasteiger partial charge in [-0.1, -0.05) is 26.3 Å². The zero-order valence-corrected chi connectivity index (χ0v) is 12.3. The summed E-state index contributed by atoms with van der Waals surface area (Å²) in [6.45, 7) is 6.28. The first-order chi connectivity index (χ1) is 8.75. The first-order valence-corrected chi connectivity index (χ1v) is 7.72. The average molecular weight is 284 g/mol. The van der Waals surface area contributed by atoms with Crippen LogP contribution >= 0.6 is 0 Å². The zero-order chi connectivity index (χ0) is 14.6. The lowest BCUT2D eigenvalue weighted by Gasteiger charge is -2.11. The molecule has 1 amide bonds. The fourth-order valence-electron chi connectivity index (χ4n) is 1.56. The van der Waals surface area contributed by atoms with E-state index in [1.165, 1.54) is 6.07 Å². The van der Waals surface area contributed by atoms with Gasteiger partial charge >= 0.3 is 0 Å². The smallest absolute Gasteiger partial charge is 0.251 e. The number of aryl methyl sites for hydroxylation is 1. The van der Waals surface area contributed by atoms with E-state index in [2.05, 4.69) is 5.32 Å². The van der Waals surface area contributed by atoms with Gasteiger partial charge in [0, 0.05) is 12.1 Å². The minimum absolute atomic E-state index is 0.0105. The summed E-state index contributed by atoms with van der Waals surface area (Å²) in [5.74, 6) is 0.0947. The van der Waals surface area contributed by atoms with Gasteiger partial charge in [-0.05, 0) is 30.5 Å². The van der Waals surface area contributed by atoms with Crippen molar-refractivity contribution in [3.63, 3.8) is 0 Å². The van der Waals surface area contributed by atoms with Crippen molar-refractivity contribution in [1.29, 1.82) is 0 Å². The standard InChI is InChI=1S/C13H20N2O3S/c1-4-9(2)8-15-13(16)11-6-5-10(3)12(7-11)19(14,17)18/h5-7,9H,4,8H2,1-3H3,(H,15,16)(H2,14,17,18). The number of rotatable bonds is 5. The van der Waals surface area contributed by atoms with Gasteiger partial charge in [0.15, 0.2) is 0 Å². The Morgan fingerprint density at radius 3 is 2.58 bits per heavy atom. The first kappa shape index (κ1) is 15.7. The van der Waals surface area contributed by atoms with Crippen LogP contribution in [0.25, 0.3) is 0 Å². The second kappa shape index (κ2) is 6.16. The van der Waals surface area contributed by atoms with Gasteiger partial charge in [-0.2, -0.15) is 0 Å². The monoisotopic (exact) mass is 284 g/mol. The van der Waals surface area contributed by atoms with Crippen molar-refractivity contribution in [2.45, 2.75) is 32.1 Å². The second-order valence-electron chi connectivity index (χ2n) is 4.75. The molecule has 1 aromatic carbocycles. The first-order valence-electron chi connectivity index (χ1n) is 6.17. The Morgan fingerprint density at radius 1 is 1.42 bits per heavy atom. The number of primary sulfonamides is 1. The van der Waals surface area contributed by atoms with Crippen LogP contribution in [-0.2, 0) is 10.0 Å². The third-order valence-electron chi connectivity index (χ3n) is 3.06. The lowest BCUT2D eigenvalue weighted by Crippen LogP contribution is -2.28. The van der Waals surface area contributed by atoms with Gasteiger partial charge in [0.1, 0.15) is 0 Å². The summed E-state index contributed by atoms with van der Waals surface area (Å²) in [5.41, 5.74) is 0.832. The number of benzene rings is 1. The van der Waals surface area contributed by atoms with E-state index >= 15 is 0 Å². The molecule has 1 rings (SSSR count). The predicted octanol–water partition coefficient (Wildman–Crippen LogP) is 1.42. The van der Waals surface area contributed by atoms with Crippen LogP contribution in [0, 0.1) is 12.8 Å². The van der Waals surface area contributed by atoms with Crippen LogP contribution in [0.4, 0.5) is 0 Å². The van der Waals surface area contributed by atoms with Gasteiger partial charge in [-0.3, -0.25) is 4.79 Å². The average Bonchev–Trinajstić information content (AvgIpc) is 2.34. The summed E-state index contributed by atoms with van der Waals surface area (Å²) >= 11 is 0. The number of carbonyl (C=O) groups excluding carboxylic acids is 1. The summed E-state index contributed by atoms with van der Waals surface area (Å²) in [5, 5.41) is 7.88. The normalized spacial score (nSPS) is 13.1. The maximum Gasteiger partial charge on any atom is 0.251 e. The molecular formula is C13H20N2O3S. The Kier molecular flexibility index (Phi) is 5.08. The van der Waals surface area contributed by atoms with Crippen molar-refractivity contribution >= 4 is 15.9 Å². The Morgan fingerprint density at radius 2 is 2.05 bits per heavy atom. The Bertz CT molecular complexity index is 567. The maximum atomic E-state index is 11.9. The highest BCUT2D eigenvalue weighted by Crippen LogP contribution is 2.15. The molecule has 5 nitrogen and oxygen atoms in total. The highest BCUT2D eigenvalue weighted by molar-refractivity contribution is 7.89. The molecule has 1 aromatic rings. The van der Waals surface area contributed by atoms with Gasteiger partial charge in [0.05, 0.1) is 4.90 Å².